The molecule has 0 unspecified atom stereocenters. The first kappa shape index (κ1) is 22.8. The number of nitrogens with zero attached hydrogens (tertiary/aromatic N) is 2. The second-order valence-electron chi connectivity index (χ2n) is 3.66. The van der Waals surface area contributed by atoms with Gasteiger partial charge in [0.25, 0.3) is 12.7 Å². The van der Waals surface area contributed by atoms with Gasteiger partial charge in [-0.3, -0.25) is 9.97 Å². The summed E-state index contributed by atoms with van der Waals surface area (Å²) in [7, 11) is 0. The van der Waals surface area contributed by atoms with Crippen molar-refractivity contribution in [3.63, 3.8) is 0 Å². The van der Waals surface area contributed by atoms with E-state index >= 15 is 0 Å². The molecule has 0 aromatic carbocycles. The number of rotatable bonds is 4. The van der Waals surface area contributed by atoms with Gasteiger partial charge in [-0.1, -0.05) is 13.2 Å². The van der Waals surface area contributed by atoms with E-state index in [1.807, 2.05) is 24.5 Å². The van der Waals surface area contributed by atoms with Crippen LogP contribution in [-0.2, 0) is 45.3 Å². The molecule has 0 saturated carbocycles. The summed E-state index contributed by atoms with van der Waals surface area (Å²) in [6.07, 6.45) is 10.3. The molecule has 11 nitrogen and oxygen atoms in total. The second kappa shape index (κ2) is 11.4. The molecule has 0 atom stereocenters. The molecule has 2 aromatic rings. The molecule has 2 rings (SSSR count). The number of aromatic amines is 2. The molecule has 2 N–H and O–H groups in total. The van der Waals surface area contributed by atoms with Gasteiger partial charge in [0.05, 0.1) is 12.4 Å². The Bertz CT molecular complexity index is 783. The third-order valence-electron chi connectivity index (χ3n) is 1.86. The van der Waals surface area contributed by atoms with Crippen LogP contribution in [-0.4, -0.2) is 9.97 Å². The van der Waals surface area contributed by atoms with E-state index < -0.39 is 27.2 Å². The van der Waals surface area contributed by atoms with Gasteiger partial charge in [0.2, 0.25) is 0 Å². The fraction of sp³-hybridized carbons (Fsp3) is 0. The summed E-state index contributed by atoms with van der Waals surface area (Å²) in [6.45, 7) is 7.11. The molecule has 25 heavy (non-hydrogen) atoms. The summed E-state index contributed by atoms with van der Waals surface area (Å²) in [6, 6.07) is 3.71. The quantitative estimate of drug-likeness (QED) is 0.538. The molecular weight excluding hydrogens is 416 g/mol. The fourth-order valence-corrected chi connectivity index (χ4v) is 2.64. The van der Waals surface area contributed by atoms with Gasteiger partial charge in [-0.2, -0.15) is 0 Å². The van der Waals surface area contributed by atoms with E-state index in [9.17, 15) is 23.5 Å². The van der Waals surface area contributed by atoms with Gasteiger partial charge >= 0.3 is 53.6 Å². The first-order chi connectivity index (χ1) is 11.6. The van der Waals surface area contributed by atoms with Gasteiger partial charge in [-0.25, -0.2) is 0 Å². The average molecular weight is 430 g/mol. The van der Waals surface area contributed by atoms with Crippen molar-refractivity contribution in [2.24, 2.45) is 0 Å². The van der Waals surface area contributed by atoms with Gasteiger partial charge in [0.1, 0.15) is 0 Å². The number of aromatic nitrogens is 4. The standard InChI is InChI=1S/2C6H6N2.2Cr.7O/c2*1-2-6-3-4-7-5-8-6;;;;;;;;;/h2*2-5H,1H2;;;;;;;;;/q;;;;;;;;;2*-1/p+2. The van der Waals surface area contributed by atoms with Gasteiger partial charge in [0, 0.05) is 12.1 Å². The van der Waals surface area contributed by atoms with Crippen LogP contribution in [0.1, 0.15) is 11.4 Å². The molecule has 2 aromatic heterocycles. The Kier molecular flexibility index (Phi) is 10.4. The first-order valence-corrected chi connectivity index (χ1v) is 10.3. The molecule has 0 radical (unpaired) electrons. The molecule has 2 heterocycles. The molecular formula is C12H14Cr2N4O7. The van der Waals surface area contributed by atoms with Crippen molar-refractivity contribution in [2.45, 2.75) is 0 Å². The zero-order chi connectivity index (χ0) is 19.3. The predicted molar refractivity (Wildman–Crippen MR) is 65.6 cm³/mol. The van der Waals surface area contributed by atoms with Crippen LogP contribution in [0.4, 0.5) is 0 Å². The molecule has 136 valence electrons. The first-order valence-electron chi connectivity index (χ1n) is 6.09. The SMILES string of the molecule is C=Cc1cc[nH+]cn1.C=Cc1cc[nH+]cn1.[O]=[Cr](=[O])([O-])[O][Cr](=[O])(=[O])[O-]. The topological polar surface area (TPSA) is 178 Å². The van der Waals surface area contributed by atoms with Gasteiger partial charge in [-0.15, -0.1) is 0 Å². The van der Waals surface area contributed by atoms with Gasteiger partial charge in [0.15, 0.2) is 11.4 Å². The third kappa shape index (κ3) is 15.1. The van der Waals surface area contributed by atoms with Crippen LogP contribution in [0.15, 0.2) is 50.3 Å². The van der Waals surface area contributed by atoms with Crippen molar-refractivity contribution < 1.29 is 63.6 Å². The summed E-state index contributed by atoms with van der Waals surface area (Å²) < 4.78 is 58.9. The Morgan fingerprint density at radius 3 is 1.36 bits per heavy atom. The molecule has 0 bridgehead atoms. The van der Waals surface area contributed by atoms with Crippen molar-refractivity contribution in [3.05, 3.63) is 61.7 Å². The van der Waals surface area contributed by atoms with Crippen molar-refractivity contribution in [1.82, 2.24) is 9.97 Å². The van der Waals surface area contributed by atoms with Crippen LogP contribution in [0.2, 0.25) is 0 Å². The van der Waals surface area contributed by atoms with Crippen LogP contribution in [0.5, 0.6) is 0 Å². The molecule has 0 aliphatic rings. The molecule has 0 spiro atoms. The van der Waals surface area contributed by atoms with Crippen LogP contribution >= 0.6 is 0 Å². The van der Waals surface area contributed by atoms with Crippen LogP contribution in [0.25, 0.3) is 12.2 Å². The molecule has 0 amide bonds. The monoisotopic (exact) mass is 430 g/mol. The minimum atomic E-state index is -6.07. The maximum atomic E-state index is 9.38. The Balaban J connectivity index is 0.000000346. The van der Waals surface area contributed by atoms with E-state index in [0.717, 1.165) is 11.4 Å². The Labute approximate surface area is 147 Å². The summed E-state index contributed by atoms with van der Waals surface area (Å²) in [5.74, 6) is 0. The summed E-state index contributed by atoms with van der Waals surface area (Å²) >= 11 is -12.1. The summed E-state index contributed by atoms with van der Waals surface area (Å²) in [4.78, 5) is 13.5. The van der Waals surface area contributed by atoms with Crippen molar-refractivity contribution in [3.8, 4) is 0 Å². The van der Waals surface area contributed by atoms with Crippen LogP contribution in [0.3, 0.4) is 0 Å². The van der Waals surface area contributed by atoms with Crippen LogP contribution in [0, 0.1) is 0 Å². The number of H-pyrrole nitrogens is 2. The van der Waals surface area contributed by atoms with Gasteiger partial charge < -0.3 is 0 Å². The van der Waals surface area contributed by atoms with E-state index in [0.29, 0.717) is 0 Å². The molecule has 0 saturated heterocycles. The minimum absolute atomic E-state index is 0.892. The zero-order valence-corrected chi connectivity index (χ0v) is 15.2. The molecule has 0 aliphatic heterocycles. The van der Waals surface area contributed by atoms with Crippen molar-refractivity contribution >= 4 is 12.2 Å². The van der Waals surface area contributed by atoms with E-state index in [1.54, 1.807) is 24.8 Å². The molecule has 13 heteroatoms. The number of nitrogens with one attached hydrogen (secondary N) is 2. The average Bonchev–Trinajstić information content (AvgIpc) is 2.54. The normalized spacial score (nSPS) is 10.3. The van der Waals surface area contributed by atoms with E-state index in [2.05, 4.69) is 35.9 Å². The second-order valence-corrected chi connectivity index (χ2v) is 7.30. The number of hydrogen-bond acceptors (Lipinski definition) is 9. The van der Waals surface area contributed by atoms with Crippen molar-refractivity contribution in [2.75, 3.05) is 0 Å². The predicted octanol–water partition coefficient (Wildman–Crippen LogP) is -1.85. The van der Waals surface area contributed by atoms with Gasteiger partial charge in [-0.05, 0) is 22.1 Å². The van der Waals surface area contributed by atoms with E-state index in [-0.39, 0.29) is 0 Å². The Hall–Kier alpha value is -2.22. The maximum absolute atomic E-state index is 9.38. The van der Waals surface area contributed by atoms with E-state index in [1.165, 1.54) is 0 Å². The van der Waals surface area contributed by atoms with Crippen molar-refractivity contribution in [1.29, 1.82) is 0 Å². The summed E-state index contributed by atoms with van der Waals surface area (Å²) in [5, 5.41) is 0. The Morgan fingerprint density at radius 2 is 1.24 bits per heavy atom. The van der Waals surface area contributed by atoms with E-state index in [4.69, 9.17) is 0 Å². The molecule has 0 fully saturated rings. The number of hydrogen-bond donors (Lipinski definition) is 0. The zero-order valence-electron chi connectivity index (χ0n) is 12.6. The molecule has 0 aliphatic carbocycles. The Morgan fingerprint density at radius 1 is 0.880 bits per heavy atom. The van der Waals surface area contributed by atoms with Crippen LogP contribution < -0.4 is 18.3 Å². The summed E-state index contributed by atoms with van der Waals surface area (Å²) in [5.41, 5.74) is 1.78. The third-order valence-corrected chi connectivity index (χ3v) is 4.53. The fourth-order valence-electron chi connectivity index (χ4n) is 1.01.